The SMILES string of the molecule is CS(=O)CCCCCCCCC(N)=O. The van der Waals surface area contributed by atoms with E-state index in [9.17, 15) is 9.00 Å². The second kappa shape index (κ2) is 9.19. The van der Waals surface area contributed by atoms with Crippen LogP contribution >= 0.6 is 0 Å². The van der Waals surface area contributed by atoms with Gasteiger partial charge in [0.2, 0.25) is 5.91 Å². The summed E-state index contributed by atoms with van der Waals surface area (Å²) in [5.41, 5.74) is 5.02. The first-order valence-corrected chi connectivity index (χ1v) is 6.94. The first-order chi connectivity index (χ1) is 6.63. The molecule has 0 aromatic carbocycles. The van der Waals surface area contributed by atoms with Gasteiger partial charge in [-0.2, -0.15) is 0 Å². The van der Waals surface area contributed by atoms with Crippen molar-refractivity contribution in [3.63, 3.8) is 0 Å². The number of unbranched alkanes of at least 4 members (excludes halogenated alkanes) is 5. The van der Waals surface area contributed by atoms with Crippen molar-refractivity contribution >= 4 is 16.7 Å². The van der Waals surface area contributed by atoms with Crippen molar-refractivity contribution in [1.82, 2.24) is 0 Å². The molecular formula is C10H21NO2S. The average molecular weight is 219 g/mol. The molecule has 84 valence electrons. The van der Waals surface area contributed by atoms with Crippen LogP contribution in [0.5, 0.6) is 0 Å². The van der Waals surface area contributed by atoms with E-state index in [1.54, 1.807) is 6.26 Å². The van der Waals surface area contributed by atoms with E-state index in [1.165, 1.54) is 6.42 Å². The zero-order valence-electron chi connectivity index (χ0n) is 8.96. The normalized spacial score (nSPS) is 12.6. The van der Waals surface area contributed by atoms with Gasteiger partial charge in [-0.15, -0.1) is 0 Å². The molecule has 0 aromatic rings. The van der Waals surface area contributed by atoms with Crippen LogP contribution in [0, 0.1) is 0 Å². The van der Waals surface area contributed by atoms with Crippen molar-refractivity contribution in [2.75, 3.05) is 12.0 Å². The fraction of sp³-hybridized carbons (Fsp3) is 0.900. The van der Waals surface area contributed by atoms with Crippen molar-refractivity contribution in [3.05, 3.63) is 0 Å². The third-order valence-corrected chi connectivity index (χ3v) is 2.97. The van der Waals surface area contributed by atoms with Crippen LogP contribution in [-0.2, 0) is 15.6 Å². The molecule has 2 N–H and O–H groups in total. The quantitative estimate of drug-likeness (QED) is 0.598. The molecule has 14 heavy (non-hydrogen) atoms. The summed E-state index contributed by atoms with van der Waals surface area (Å²) in [7, 11) is -0.642. The van der Waals surface area contributed by atoms with Gasteiger partial charge < -0.3 is 5.73 Å². The van der Waals surface area contributed by atoms with Crippen molar-refractivity contribution in [1.29, 1.82) is 0 Å². The summed E-state index contributed by atoms with van der Waals surface area (Å²) in [5.74, 6) is 0.618. The first kappa shape index (κ1) is 13.6. The first-order valence-electron chi connectivity index (χ1n) is 5.21. The van der Waals surface area contributed by atoms with Crippen LogP contribution in [0.2, 0.25) is 0 Å². The minimum Gasteiger partial charge on any atom is -0.370 e. The van der Waals surface area contributed by atoms with Gasteiger partial charge in [0, 0.05) is 29.2 Å². The van der Waals surface area contributed by atoms with Crippen molar-refractivity contribution in [3.8, 4) is 0 Å². The molecule has 3 nitrogen and oxygen atoms in total. The summed E-state index contributed by atoms with van der Waals surface area (Å²) < 4.78 is 10.7. The summed E-state index contributed by atoms with van der Waals surface area (Å²) in [5, 5.41) is 0. The van der Waals surface area contributed by atoms with Gasteiger partial charge >= 0.3 is 0 Å². The number of primary amides is 1. The second-order valence-electron chi connectivity index (χ2n) is 3.61. The maximum absolute atomic E-state index is 10.7. The molecule has 0 spiro atoms. The van der Waals surface area contributed by atoms with Crippen LogP contribution in [0.25, 0.3) is 0 Å². The Labute approximate surface area is 88.9 Å². The third kappa shape index (κ3) is 11.6. The molecule has 0 saturated heterocycles. The Kier molecular flexibility index (Phi) is 8.94. The van der Waals surface area contributed by atoms with Gasteiger partial charge in [0.25, 0.3) is 0 Å². The molecule has 0 rings (SSSR count). The number of nitrogens with two attached hydrogens (primary N) is 1. The summed E-state index contributed by atoms with van der Waals surface area (Å²) >= 11 is 0. The van der Waals surface area contributed by atoms with Gasteiger partial charge in [-0.3, -0.25) is 9.00 Å². The Morgan fingerprint density at radius 3 is 2.07 bits per heavy atom. The Hall–Kier alpha value is -0.380. The molecule has 1 unspecified atom stereocenters. The smallest absolute Gasteiger partial charge is 0.217 e. The Morgan fingerprint density at radius 1 is 1.07 bits per heavy atom. The number of hydrogen-bond donors (Lipinski definition) is 1. The van der Waals surface area contributed by atoms with E-state index in [0.717, 1.165) is 37.9 Å². The van der Waals surface area contributed by atoms with Crippen molar-refractivity contribution < 1.29 is 9.00 Å². The Bertz CT molecular complexity index is 163. The van der Waals surface area contributed by atoms with Crippen LogP contribution in [0.4, 0.5) is 0 Å². The monoisotopic (exact) mass is 219 g/mol. The standard InChI is InChI=1S/C10H21NO2S/c1-14(13)9-7-5-3-2-4-6-8-10(11)12/h2-9H2,1H3,(H2,11,12). The summed E-state index contributed by atoms with van der Waals surface area (Å²) in [6.45, 7) is 0. The maximum Gasteiger partial charge on any atom is 0.217 e. The van der Waals surface area contributed by atoms with E-state index in [4.69, 9.17) is 5.73 Å². The molecular weight excluding hydrogens is 198 g/mol. The summed E-state index contributed by atoms with van der Waals surface area (Å²) in [4.78, 5) is 10.4. The van der Waals surface area contributed by atoms with Gasteiger partial charge in [0.05, 0.1) is 0 Å². The van der Waals surface area contributed by atoms with E-state index in [0.29, 0.717) is 6.42 Å². The zero-order valence-corrected chi connectivity index (χ0v) is 9.78. The van der Waals surface area contributed by atoms with Gasteiger partial charge in [-0.25, -0.2) is 0 Å². The average Bonchev–Trinajstić information content (AvgIpc) is 2.08. The van der Waals surface area contributed by atoms with Gasteiger partial charge in [-0.1, -0.05) is 25.7 Å². The van der Waals surface area contributed by atoms with E-state index in [-0.39, 0.29) is 5.91 Å². The summed E-state index contributed by atoms with van der Waals surface area (Å²) in [6.07, 6.45) is 8.79. The highest BCUT2D eigenvalue weighted by Crippen LogP contribution is 2.07. The molecule has 0 aromatic heterocycles. The Balaban J connectivity index is 2.99. The van der Waals surface area contributed by atoms with Crippen LogP contribution in [0.15, 0.2) is 0 Å². The molecule has 0 aliphatic heterocycles. The lowest BCUT2D eigenvalue weighted by Gasteiger charge is -1.99. The van der Waals surface area contributed by atoms with E-state index in [1.807, 2.05) is 0 Å². The van der Waals surface area contributed by atoms with Crippen LogP contribution in [0.1, 0.15) is 44.9 Å². The van der Waals surface area contributed by atoms with Crippen LogP contribution in [0.3, 0.4) is 0 Å². The largest absolute Gasteiger partial charge is 0.370 e. The van der Waals surface area contributed by atoms with E-state index >= 15 is 0 Å². The number of carbonyl (C=O) groups is 1. The zero-order chi connectivity index (χ0) is 10.8. The highest BCUT2D eigenvalue weighted by molar-refractivity contribution is 7.84. The lowest BCUT2D eigenvalue weighted by molar-refractivity contribution is -0.118. The predicted molar refractivity (Wildman–Crippen MR) is 60.4 cm³/mol. The third-order valence-electron chi connectivity index (χ3n) is 2.10. The maximum atomic E-state index is 10.7. The molecule has 0 heterocycles. The highest BCUT2D eigenvalue weighted by Gasteiger charge is 1.95. The molecule has 0 aliphatic carbocycles. The van der Waals surface area contributed by atoms with Gasteiger partial charge in [0.15, 0.2) is 0 Å². The number of carbonyl (C=O) groups excluding carboxylic acids is 1. The molecule has 0 saturated carbocycles. The van der Waals surface area contributed by atoms with E-state index < -0.39 is 10.8 Å². The minimum atomic E-state index is -0.642. The lowest BCUT2D eigenvalue weighted by Crippen LogP contribution is -2.09. The van der Waals surface area contributed by atoms with Crippen molar-refractivity contribution in [2.24, 2.45) is 5.73 Å². The number of rotatable bonds is 9. The minimum absolute atomic E-state index is 0.202. The predicted octanol–water partition coefficient (Wildman–Crippen LogP) is 1.58. The van der Waals surface area contributed by atoms with Crippen LogP contribution in [-0.4, -0.2) is 22.1 Å². The fourth-order valence-electron chi connectivity index (χ4n) is 1.31. The van der Waals surface area contributed by atoms with Crippen LogP contribution < -0.4 is 5.73 Å². The van der Waals surface area contributed by atoms with E-state index in [2.05, 4.69) is 0 Å². The topological polar surface area (TPSA) is 60.2 Å². The molecule has 1 amide bonds. The highest BCUT2D eigenvalue weighted by atomic mass is 32.2. The molecule has 0 fully saturated rings. The second-order valence-corrected chi connectivity index (χ2v) is 5.17. The summed E-state index contributed by atoms with van der Waals surface area (Å²) in [6, 6.07) is 0. The molecule has 0 aliphatic rings. The molecule has 0 radical (unpaired) electrons. The molecule has 0 bridgehead atoms. The van der Waals surface area contributed by atoms with Crippen molar-refractivity contribution in [2.45, 2.75) is 44.9 Å². The number of amides is 1. The molecule has 1 atom stereocenters. The number of hydrogen-bond acceptors (Lipinski definition) is 2. The molecule has 4 heteroatoms. The Morgan fingerprint density at radius 2 is 1.57 bits per heavy atom. The lowest BCUT2D eigenvalue weighted by atomic mass is 10.1. The van der Waals surface area contributed by atoms with Gasteiger partial charge in [0.1, 0.15) is 0 Å². The fourth-order valence-corrected chi connectivity index (χ4v) is 1.92. The van der Waals surface area contributed by atoms with Gasteiger partial charge in [-0.05, 0) is 12.8 Å².